The highest BCUT2D eigenvalue weighted by Gasteiger charge is 2.23. The lowest BCUT2D eigenvalue weighted by atomic mass is 9.97. The Kier molecular flexibility index (Phi) is 4.43. The lowest BCUT2D eigenvalue weighted by Crippen LogP contribution is -2.42. The van der Waals surface area contributed by atoms with Crippen molar-refractivity contribution >= 4 is 16.7 Å². The van der Waals surface area contributed by atoms with E-state index in [4.69, 9.17) is 0 Å². The van der Waals surface area contributed by atoms with Crippen LogP contribution >= 0.6 is 0 Å². The highest BCUT2D eigenvalue weighted by molar-refractivity contribution is 5.96. The van der Waals surface area contributed by atoms with Crippen LogP contribution in [0.25, 0.3) is 10.8 Å². The van der Waals surface area contributed by atoms with Crippen LogP contribution in [0.4, 0.5) is 0 Å². The van der Waals surface area contributed by atoms with E-state index in [1.807, 2.05) is 19.9 Å². The maximum atomic E-state index is 12.1. The van der Waals surface area contributed by atoms with E-state index in [-0.39, 0.29) is 17.8 Å². The number of rotatable bonds is 5. The molecule has 0 saturated heterocycles. The van der Waals surface area contributed by atoms with Gasteiger partial charge in [-0.05, 0) is 30.4 Å². The number of H-pyrrole nitrogens is 1. The number of carbonyl (C=O) groups is 1. The Hall–Kier alpha value is -2.14. The predicted octanol–water partition coefficient (Wildman–Crippen LogP) is 1.81. The normalized spacial score (nSPS) is 11.6. The molecule has 112 valence electrons. The summed E-state index contributed by atoms with van der Waals surface area (Å²) in [5.74, 6) is -0.391. The third kappa shape index (κ3) is 3.31. The molecule has 2 aromatic rings. The largest absolute Gasteiger partial charge is 0.388 e. The summed E-state index contributed by atoms with van der Waals surface area (Å²) in [6.07, 6.45) is 1.11. The molecule has 0 unspecified atom stereocenters. The van der Waals surface area contributed by atoms with Gasteiger partial charge in [0.2, 0.25) is 0 Å². The molecule has 3 N–H and O–H groups in total. The zero-order valence-electron chi connectivity index (χ0n) is 12.3. The molecular formula is C16H20N2O3. The van der Waals surface area contributed by atoms with Gasteiger partial charge in [-0.15, -0.1) is 0 Å². The average Bonchev–Trinajstić information content (AvgIpc) is 2.52. The Bertz CT molecular complexity index is 702. The Morgan fingerprint density at radius 2 is 1.95 bits per heavy atom. The lowest BCUT2D eigenvalue weighted by Gasteiger charge is -2.25. The minimum atomic E-state index is -0.910. The second-order valence-corrected chi connectivity index (χ2v) is 5.21. The molecule has 1 heterocycles. The SMILES string of the molecule is CCC(O)(CC)CNC(=O)c1cc2ccccc2c(=O)[nH]1. The van der Waals surface area contributed by atoms with E-state index in [0.29, 0.717) is 23.6 Å². The first-order valence-electron chi connectivity index (χ1n) is 7.11. The number of pyridine rings is 1. The monoisotopic (exact) mass is 288 g/mol. The molecule has 21 heavy (non-hydrogen) atoms. The van der Waals surface area contributed by atoms with Crippen LogP contribution < -0.4 is 10.9 Å². The number of amides is 1. The number of aromatic nitrogens is 1. The van der Waals surface area contributed by atoms with Crippen molar-refractivity contribution in [2.24, 2.45) is 0 Å². The van der Waals surface area contributed by atoms with Crippen molar-refractivity contribution in [1.82, 2.24) is 10.3 Å². The van der Waals surface area contributed by atoms with Crippen molar-refractivity contribution in [3.05, 3.63) is 46.4 Å². The molecule has 5 nitrogen and oxygen atoms in total. The molecule has 0 spiro atoms. The summed E-state index contributed by atoms with van der Waals surface area (Å²) in [5, 5.41) is 14.1. The van der Waals surface area contributed by atoms with Gasteiger partial charge in [0.15, 0.2) is 0 Å². The molecule has 0 saturated carbocycles. The summed E-state index contributed by atoms with van der Waals surface area (Å²) in [4.78, 5) is 26.6. The minimum Gasteiger partial charge on any atom is -0.388 e. The minimum absolute atomic E-state index is 0.160. The Morgan fingerprint density at radius 3 is 2.62 bits per heavy atom. The van der Waals surface area contributed by atoms with Crippen molar-refractivity contribution in [3.63, 3.8) is 0 Å². The summed E-state index contributed by atoms with van der Waals surface area (Å²) in [7, 11) is 0. The van der Waals surface area contributed by atoms with E-state index >= 15 is 0 Å². The molecule has 1 aromatic heterocycles. The summed E-state index contributed by atoms with van der Waals surface area (Å²) in [6, 6.07) is 8.73. The third-order valence-corrected chi connectivity index (χ3v) is 3.89. The van der Waals surface area contributed by atoms with Crippen LogP contribution in [0.15, 0.2) is 35.1 Å². The fourth-order valence-corrected chi connectivity index (χ4v) is 2.17. The van der Waals surface area contributed by atoms with Gasteiger partial charge in [-0.25, -0.2) is 0 Å². The van der Waals surface area contributed by atoms with Gasteiger partial charge in [0.1, 0.15) is 5.69 Å². The number of benzene rings is 1. The maximum absolute atomic E-state index is 12.1. The van der Waals surface area contributed by atoms with Gasteiger partial charge in [-0.3, -0.25) is 9.59 Å². The molecule has 0 radical (unpaired) electrons. The van der Waals surface area contributed by atoms with Crippen LogP contribution in [0.5, 0.6) is 0 Å². The van der Waals surface area contributed by atoms with Gasteiger partial charge in [0.05, 0.1) is 5.60 Å². The van der Waals surface area contributed by atoms with E-state index in [9.17, 15) is 14.7 Å². The fraction of sp³-hybridized carbons (Fsp3) is 0.375. The standard InChI is InChI=1S/C16H20N2O3/c1-3-16(21,4-2)10-17-15(20)13-9-11-7-5-6-8-12(11)14(19)18-13/h5-9,21H,3-4,10H2,1-2H3,(H,17,20)(H,18,19). The Balaban J connectivity index is 2.22. The molecule has 0 aliphatic rings. The van der Waals surface area contributed by atoms with Gasteiger partial charge >= 0.3 is 0 Å². The Labute approximate surface area is 123 Å². The highest BCUT2D eigenvalue weighted by atomic mass is 16.3. The molecule has 5 heteroatoms. The quantitative estimate of drug-likeness (QED) is 0.784. The molecule has 1 amide bonds. The van der Waals surface area contributed by atoms with Gasteiger partial charge in [-0.2, -0.15) is 0 Å². The van der Waals surface area contributed by atoms with E-state index in [0.717, 1.165) is 0 Å². The second kappa shape index (κ2) is 6.10. The highest BCUT2D eigenvalue weighted by Crippen LogP contribution is 2.14. The average molecular weight is 288 g/mol. The zero-order valence-corrected chi connectivity index (χ0v) is 12.3. The number of aliphatic hydroxyl groups is 1. The number of carbonyl (C=O) groups excluding carboxylic acids is 1. The molecule has 1 aromatic carbocycles. The predicted molar refractivity (Wildman–Crippen MR) is 82.4 cm³/mol. The van der Waals surface area contributed by atoms with Gasteiger partial charge in [0, 0.05) is 11.9 Å². The lowest BCUT2D eigenvalue weighted by molar-refractivity contribution is 0.0313. The molecular weight excluding hydrogens is 268 g/mol. The summed E-state index contributed by atoms with van der Waals surface area (Å²) in [5.41, 5.74) is -1.000. The van der Waals surface area contributed by atoms with Crippen LogP contribution in [0.1, 0.15) is 37.2 Å². The molecule has 0 bridgehead atoms. The van der Waals surface area contributed by atoms with Crippen LogP contribution in [-0.4, -0.2) is 28.1 Å². The third-order valence-electron chi connectivity index (χ3n) is 3.89. The smallest absolute Gasteiger partial charge is 0.267 e. The van der Waals surface area contributed by atoms with Crippen molar-refractivity contribution in [2.45, 2.75) is 32.3 Å². The van der Waals surface area contributed by atoms with E-state index in [1.54, 1.807) is 24.3 Å². The topological polar surface area (TPSA) is 82.2 Å². The summed E-state index contributed by atoms with van der Waals surface area (Å²) in [6.45, 7) is 3.90. The van der Waals surface area contributed by atoms with Gasteiger partial charge < -0.3 is 15.4 Å². The van der Waals surface area contributed by atoms with E-state index in [2.05, 4.69) is 10.3 Å². The molecule has 0 aliphatic heterocycles. The van der Waals surface area contributed by atoms with E-state index < -0.39 is 11.5 Å². The molecule has 0 atom stereocenters. The number of nitrogens with one attached hydrogen (secondary N) is 2. The van der Waals surface area contributed by atoms with Crippen molar-refractivity contribution < 1.29 is 9.90 Å². The van der Waals surface area contributed by atoms with Crippen molar-refractivity contribution in [3.8, 4) is 0 Å². The first kappa shape index (κ1) is 15.3. The fourth-order valence-electron chi connectivity index (χ4n) is 2.17. The number of fused-ring (bicyclic) bond motifs is 1. The molecule has 2 rings (SSSR count). The van der Waals surface area contributed by atoms with Gasteiger partial charge in [-0.1, -0.05) is 32.0 Å². The number of aromatic amines is 1. The first-order chi connectivity index (χ1) is 9.99. The summed E-state index contributed by atoms with van der Waals surface area (Å²) >= 11 is 0. The summed E-state index contributed by atoms with van der Waals surface area (Å²) < 4.78 is 0. The number of hydrogen-bond acceptors (Lipinski definition) is 3. The molecule has 0 fully saturated rings. The molecule has 0 aliphatic carbocycles. The van der Waals surface area contributed by atoms with Crippen molar-refractivity contribution in [1.29, 1.82) is 0 Å². The van der Waals surface area contributed by atoms with Crippen LogP contribution in [0.3, 0.4) is 0 Å². The first-order valence-corrected chi connectivity index (χ1v) is 7.11. The van der Waals surface area contributed by atoms with Crippen LogP contribution in [-0.2, 0) is 0 Å². The zero-order chi connectivity index (χ0) is 15.5. The Morgan fingerprint density at radius 1 is 1.29 bits per heavy atom. The van der Waals surface area contributed by atoms with Crippen LogP contribution in [0.2, 0.25) is 0 Å². The number of hydrogen-bond donors (Lipinski definition) is 3. The van der Waals surface area contributed by atoms with Crippen LogP contribution in [0, 0.1) is 0 Å². The second-order valence-electron chi connectivity index (χ2n) is 5.21. The van der Waals surface area contributed by atoms with Crippen molar-refractivity contribution in [2.75, 3.05) is 6.54 Å². The maximum Gasteiger partial charge on any atom is 0.267 e. The van der Waals surface area contributed by atoms with E-state index in [1.165, 1.54) is 0 Å². The van der Waals surface area contributed by atoms with Gasteiger partial charge in [0.25, 0.3) is 11.5 Å².